The highest BCUT2D eigenvalue weighted by Gasteiger charge is 2.63. The van der Waals surface area contributed by atoms with Crippen LogP contribution in [-0.4, -0.2) is 5.54 Å². The summed E-state index contributed by atoms with van der Waals surface area (Å²) in [7, 11) is 0. The highest BCUT2D eigenvalue weighted by atomic mass is 14.9. The fraction of sp³-hybridized carbons (Fsp3) is 0.571. The minimum Gasteiger partial charge on any atom is -0.324 e. The van der Waals surface area contributed by atoms with E-state index in [1.807, 2.05) is 0 Å². The average Bonchev–Trinajstić information content (AvgIpc) is 2.67. The second kappa shape index (κ2) is 3.08. The van der Waals surface area contributed by atoms with Crippen molar-refractivity contribution < 1.29 is 0 Å². The molecule has 1 aromatic carbocycles. The Morgan fingerprint density at radius 3 is 2.60 bits per heavy atom. The van der Waals surface area contributed by atoms with E-state index < -0.39 is 0 Å². The first kappa shape index (κ1) is 9.41. The van der Waals surface area contributed by atoms with E-state index in [2.05, 4.69) is 31.2 Å². The molecule has 80 valence electrons. The van der Waals surface area contributed by atoms with E-state index in [0.717, 1.165) is 18.3 Å². The van der Waals surface area contributed by atoms with Crippen LogP contribution in [0.1, 0.15) is 30.4 Å². The molecule has 0 saturated heterocycles. The van der Waals surface area contributed by atoms with Gasteiger partial charge in [0.2, 0.25) is 0 Å². The Bertz CT molecular complexity index is 373. The van der Waals surface area contributed by atoms with Gasteiger partial charge in [-0.25, -0.2) is 0 Å². The molecule has 2 saturated carbocycles. The Kier molecular flexibility index (Phi) is 1.93. The summed E-state index contributed by atoms with van der Waals surface area (Å²) in [6, 6.07) is 8.66. The van der Waals surface area contributed by atoms with Gasteiger partial charge in [0.05, 0.1) is 0 Å². The van der Waals surface area contributed by atoms with E-state index in [1.165, 1.54) is 30.4 Å². The third kappa shape index (κ3) is 1.33. The van der Waals surface area contributed by atoms with Crippen molar-refractivity contribution in [3.8, 4) is 0 Å². The largest absolute Gasteiger partial charge is 0.324 e. The van der Waals surface area contributed by atoms with Gasteiger partial charge in [0.1, 0.15) is 0 Å². The van der Waals surface area contributed by atoms with E-state index in [4.69, 9.17) is 5.73 Å². The standard InChI is InChI=1S/C14H19N/c1-10-5-2-3-6-11(10)9-14(15)12-7-4-8-13(12)14/h2-3,5-6,12-13H,4,7-9,15H2,1H3. The molecule has 0 aliphatic heterocycles. The first-order valence-corrected chi connectivity index (χ1v) is 6.05. The lowest BCUT2D eigenvalue weighted by molar-refractivity contribution is 0.501. The maximum atomic E-state index is 6.50. The van der Waals surface area contributed by atoms with Crippen LogP contribution >= 0.6 is 0 Å². The first-order chi connectivity index (χ1) is 7.22. The Hall–Kier alpha value is -0.820. The lowest BCUT2D eigenvalue weighted by atomic mass is 9.95. The third-order valence-corrected chi connectivity index (χ3v) is 4.55. The van der Waals surface area contributed by atoms with E-state index >= 15 is 0 Å². The monoisotopic (exact) mass is 201 g/mol. The lowest BCUT2D eigenvalue weighted by Gasteiger charge is -2.16. The second-order valence-corrected chi connectivity index (χ2v) is 5.36. The minimum absolute atomic E-state index is 0.157. The van der Waals surface area contributed by atoms with Crippen molar-refractivity contribution in [1.82, 2.24) is 0 Å². The summed E-state index contributed by atoms with van der Waals surface area (Å²) in [4.78, 5) is 0. The molecule has 2 fully saturated rings. The molecular formula is C14H19N. The molecule has 0 aromatic heterocycles. The van der Waals surface area contributed by atoms with Crippen LogP contribution in [0.4, 0.5) is 0 Å². The van der Waals surface area contributed by atoms with Gasteiger partial charge >= 0.3 is 0 Å². The quantitative estimate of drug-likeness (QED) is 0.782. The first-order valence-electron chi connectivity index (χ1n) is 6.05. The van der Waals surface area contributed by atoms with Gasteiger partial charge in [-0.15, -0.1) is 0 Å². The summed E-state index contributed by atoms with van der Waals surface area (Å²) in [6.45, 7) is 2.19. The molecule has 0 amide bonds. The summed E-state index contributed by atoms with van der Waals surface area (Å²) in [5.41, 5.74) is 9.50. The Balaban J connectivity index is 1.79. The highest BCUT2D eigenvalue weighted by molar-refractivity contribution is 5.32. The molecule has 1 aromatic rings. The number of aryl methyl sites for hydroxylation is 1. The number of rotatable bonds is 2. The molecule has 2 aliphatic carbocycles. The zero-order valence-corrected chi connectivity index (χ0v) is 9.37. The van der Waals surface area contributed by atoms with Gasteiger partial charge in [0.25, 0.3) is 0 Å². The molecule has 0 bridgehead atoms. The van der Waals surface area contributed by atoms with Crippen LogP contribution in [-0.2, 0) is 6.42 Å². The highest BCUT2D eigenvalue weighted by Crippen LogP contribution is 2.60. The van der Waals surface area contributed by atoms with Crippen LogP contribution in [0.3, 0.4) is 0 Å². The molecule has 2 atom stereocenters. The fourth-order valence-electron chi connectivity index (χ4n) is 3.53. The van der Waals surface area contributed by atoms with Gasteiger partial charge in [0.15, 0.2) is 0 Å². The molecule has 1 heteroatoms. The number of nitrogens with two attached hydrogens (primary N) is 1. The smallest absolute Gasteiger partial charge is 0.0259 e. The summed E-state index contributed by atoms with van der Waals surface area (Å²) in [6.07, 6.45) is 5.23. The van der Waals surface area contributed by atoms with Crippen molar-refractivity contribution in [1.29, 1.82) is 0 Å². The molecule has 1 nitrogen and oxygen atoms in total. The van der Waals surface area contributed by atoms with Crippen LogP contribution in [0.25, 0.3) is 0 Å². The molecule has 0 heterocycles. The number of hydrogen-bond acceptors (Lipinski definition) is 1. The summed E-state index contributed by atoms with van der Waals surface area (Å²) in [5, 5.41) is 0. The Morgan fingerprint density at radius 1 is 1.27 bits per heavy atom. The fourth-order valence-corrected chi connectivity index (χ4v) is 3.53. The van der Waals surface area contributed by atoms with Gasteiger partial charge in [0, 0.05) is 5.54 Å². The molecule has 15 heavy (non-hydrogen) atoms. The maximum absolute atomic E-state index is 6.50. The van der Waals surface area contributed by atoms with Gasteiger partial charge in [-0.1, -0.05) is 30.7 Å². The van der Waals surface area contributed by atoms with Gasteiger partial charge in [-0.05, 0) is 49.1 Å². The van der Waals surface area contributed by atoms with Crippen molar-refractivity contribution in [2.24, 2.45) is 17.6 Å². The number of fused-ring (bicyclic) bond motifs is 1. The summed E-state index contributed by atoms with van der Waals surface area (Å²) in [5.74, 6) is 1.66. The Labute approximate surface area is 91.7 Å². The van der Waals surface area contributed by atoms with Crippen molar-refractivity contribution in [2.75, 3.05) is 0 Å². The van der Waals surface area contributed by atoms with E-state index in [1.54, 1.807) is 0 Å². The zero-order chi connectivity index (χ0) is 10.5. The molecule has 0 spiro atoms. The zero-order valence-electron chi connectivity index (χ0n) is 9.37. The molecule has 0 radical (unpaired) electrons. The molecular weight excluding hydrogens is 182 g/mol. The molecule has 2 aliphatic rings. The summed E-state index contributed by atoms with van der Waals surface area (Å²) < 4.78 is 0. The van der Waals surface area contributed by atoms with Crippen LogP contribution in [0, 0.1) is 18.8 Å². The topological polar surface area (TPSA) is 26.0 Å². The maximum Gasteiger partial charge on any atom is 0.0259 e. The lowest BCUT2D eigenvalue weighted by Crippen LogP contribution is -2.31. The molecule has 3 rings (SSSR count). The van der Waals surface area contributed by atoms with Crippen molar-refractivity contribution in [3.05, 3.63) is 35.4 Å². The van der Waals surface area contributed by atoms with E-state index in [0.29, 0.717) is 0 Å². The number of hydrogen-bond donors (Lipinski definition) is 1. The molecule has 2 N–H and O–H groups in total. The van der Waals surface area contributed by atoms with Crippen LogP contribution in [0.2, 0.25) is 0 Å². The second-order valence-electron chi connectivity index (χ2n) is 5.36. The van der Waals surface area contributed by atoms with Crippen LogP contribution in [0.5, 0.6) is 0 Å². The predicted molar refractivity (Wildman–Crippen MR) is 62.6 cm³/mol. The van der Waals surface area contributed by atoms with Gasteiger partial charge < -0.3 is 5.73 Å². The van der Waals surface area contributed by atoms with Crippen molar-refractivity contribution in [3.63, 3.8) is 0 Å². The van der Waals surface area contributed by atoms with Gasteiger partial charge in [-0.3, -0.25) is 0 Å². The van der Waals surface area contributed by atoms with Crippen LogP contribution < -0.4 is 5.73 Å². The Morgan fingerprint density at radius 2 is 1.93 bits per heavy atom. The van der Waals surface area contributed by atoms with E-state index in [9.17, 15) is 0 Å². The normalized spacial score (nSPS) is 37.7. The van der Waals surface area contributed by atoms with E-state index in [-0.39, 0.29) is 5.54 Å². The number of benzene rings is 1. The molecule has 2 unspecified atom stereocenters. The third-order valence-electron chi connectivity index (χ3n) is 4.55. The average molecular weight is 201 g/mol. The van der Waals surface area contributed by atoms with Crippen LogP contribution in [0.15, 0.2) is 24.3 Å². The predicted octanol–water partition coefficient (Wildman–Crippen LogP) is 2.66. The van der Waals surface area contributed by atoms with Gasteiger partial charge in [-0.2, -0.15) is 0 Å². The summed E-state index contributed by atoms with van der Waals surface area (Å²) >= 11 is 0. The van der Waals surface area contributed by atoms with Crippen molar-refractivity contribution >= 4 is 0 Å². The minimum atomic E-state index is 0.157. The SMILES string of the molecule is Cc1ccccc1CC1(N)C2CCCC21. The van der Waals surface area contributed by atoms with Crippen molar-refractivity contribution in [2.45, 2.75) is 38.1 Å².